The number of halogens is 4. The fourth-order valence-corrected chi connectivity index (χ4v) is 2.96. The van der Waals surface area contributed by atoms with Crippen molar-refractivity contribution in [1.82, 2.24) is 0 Å². The van der Waals surface area contributed by atoms with Gasteiger partial charge in [-0.1, -0.05) is 52.5 Å². The van der Waals surface area contributed by atoms with Crippen LogP contribution in [0.5, 0.6) is 0 Å². The normalized spacial score (nSPS) is 11.2. The van der Waals surface area contributed by atoms with Gasteiger partial charge in [-0.2, -0.15) is 5.26 Å². The van der Waals surface area contributed by atoms with Gasteiger partial charge in [0, 0.05) is 11.6 Å². The van der Waals surface area contributed by atoms with Crippen LogP contribution in [0.1, 0.15) is 5.76 Å². The van der Waals surface area contributed by atoms with Crippen molar-refractivity contribution >= 4 is 64.1 Å². The summed E-state index contributed by atoms with van der Waals surface area (Å²) >= 11 is 23.9. The van der Waals surface area contributed by atoms with Crippen LogP contribution in [0.15, 0.2) is 58.5 Å². The van der Waals surface area contributed by atoms with Gasteiger partial charge in [-0.3, -0.25) is 4.79 Å². The molecule has 3 rings (SSSR count). The second kappa shape index (κ2) is 8.72. The molecule has 1 aromatic heterocycles. The lowest BCUT2D eigenvalue weighted by molar-refractivity contribution is -0.112. The summed E-state index contributed by atoms with van der Waals surface area (Å²) in [4.78, 5) is 12.4. The topological polar surface area (TPSA) is 66.0 Å². The third kappa shape index (κ3) is 4.52. The molecule has 2 aromatic carbocycles. The zero-order chi connectivity index (χ0) is 20.3. The second-order valence-electron chi connectivity index (χ2n) is 5.56. The fraction of sp³-hybridized carbons (Fsp3) is 0. The van der Waals surface area contributed by atoms with Crippen LogP contribution in [0.4, 0.5) is 5.69 Å². The van der Waals surface area contributed by atoms with E-state index in [4.69, 9.17) is 50.8 Å². The van der Waals surface area contributed by atoms with E-state index in [2.05, 4.69) is 5.32 Å². The van der Waals surface area contributed by atoms with E-state index in [0.29, 0.717) is 37.8 Å². The monoisotopic (exact) mass is 450 g/mol. The molecule has 3 aromatic rings. The molecular formula is C20H10Cl4N2O2. The molecule has 0 saturated heterocycles. The molecule has 1 heterocycles. The van der Waals surface area contributed by atoms with Crippen LogP contribution in [0, 0.1) is 11.3 Å². The number of hydrogen-bond acceptors (Lipinski definition) is 3. The Kier molecular flexibility index (Phi) is 6.33. The van der Waals surface area contributed by atoms with Crippen molar-refractivity contribution in [3.63, 3.8) is 0 Å². The summed E-state index contributed by atoms with van der Waals surface area (Å²) in [5.74, 6) is 0.199. The van der Waals surface area contributed by atoms with Gasteiger partial charge >= 0.3 is 0 Å². The van der Waals surface area contributed by atoms with Crippen molar-refractivity contribution in [2.24, 2.45) is 0 Å². The van der Waals surface area contributed by atoms with E-state index >= 15 is 0 Å². The average Bonchev–Trinajstić information content (AvgIpc) is 3.14. The van der Waals surface area contributed by atoms with Gasteiger partial charge < -0.3 is 9.73 Å². The molecule has 140 valence electrons. The van der Waals surface area contributed by atoms with Crippen LogP contribution in [0.2, 0.25) is 20.1 Å². The maximum Gasteiger partial charge on any atom is 0.266 e. The predicted octanol–water partition coefficient (Wildman–Crippen LogP) is 7.11. The lowest BCUT2D eigenvalue weighted by atomic mass is 10.2. The first kappa shape index (κ1) is 20.3. The second-order valence-corrected chi connectivity index (χ2v) is 7.16. The highest BCUT2D eigenvalue weighted by Crippen LogP contribution is 2.31. The molecule has 0 aliphatic carbocycles. The number of carbonyl (C=O) groups excluding carboxylic acids is 1. The van der Waals surface area contributed by atoms with Crippen LogP contribution < -0.4 is 5.32 Å². The standard InChI is InChI=1S/C20H10Cl4N2O2/c21-14-6-4-11(9-16(14)23)18-7-5-13(28-18)8-12(10-25)20(27)26-17-3-1-2-15(22)19(17)24/h1-9H,(H,26,27)/b12-8+. The Morgan fingerprint density at radius 1 is 1.00 bits per heavy atom. The third-order valence-electron chi connectivity index (χ3n) is 3.68. The molecule has 0 radical (unpaired) electrons. The number of rotatable bonds is 4. The van der Waals surface area contributed by atoms with Crippen LogP contribution in [-0.4, -0.2) is 5.91 Å². The van der Waals surface area contributed by atoms with Crippen molar-refractivity contribution in [2.45, 2.75) is 0 Å². The zero-order valence-electron chi connectivity index (χ0n) is 14.0. The molecule has 8 heteroatoms. The number of benzene rings is 2. The third-order valence-corrected chi connectivity index (χ3v) is 5.24. The number of carbonyl (C=O) groups is 1. The van der Waals surface area contributed by atoms with Crippen molar-refractivity contribution < 1.29 is 9.21 Å². The van der Waals surface area contributed by atoms with Gasteiger partial charge in [0.25, 0.3) is 5.91 Å². The van der Waals surface area contributed by atoms with Crippen LogP contribution in [-0.2, 0) is 4.79 Å². The SMILES string of the molecule is N#C/C(=C\c1ccc(-c2ccc(Cl)c(Cl)c2)o1)C(=O)Nc1cccc(Cl)c1Cl. The number of anilines is 1. The van der Waals surface area contributed by atoms with Crippen LogP contribution >= 0.6 is 46.4 Å². The van der Waals surface area contributed by atoms with Crippen LogP contribution in [0.25, 0.3) is 17.4 Å². The number of nitriles is 1. The molecular weight excluding hydrogens is 442 g/mol. The molecule has 0 atom stereocenters. The minimum Gasteiger partial charge on any atom is -0.457 e. The number of amides is 1. The van der Waals surface area contributed by atoms with Gasteiger partial charge in [-0.25, -0.2) is 0 Å². The lowest BCUT2D eigenvalue weighted by Crippen LogP contribution is -2.13. The smallest absolute Gasteiger partial charge is 0.266 e. The minimum absolute atomic E-state index is 0.161. The maximum absolute atomic E-state index is 12.4. The Morgan fingerprint density at radius 2 is 1.79 bits per heavy atom. The predicted molar refractivity (Wildman–Crippen MR) is 113 cm³/mol. The summed E-state index contributed by atoms with van der Waals surface area (Å²) in [6, 6.07) is 15.0. The maximum atomic E-state index is 12.4. The summed E-state index contributed by atoms with van der Waals surface area (Å²) in [5, 5.41) is 13.2. The Labute approximate surface area is 180 Å². The van der Waals surface area contributed by atoms with E-state index in [0.717, 1.165) is 0 Å². The Balaban J connectivity index is 1.84. The summed E-state index contributed by atoms with van der Waals surface area (Å²) < 4.78 is 5.68. The Morgan fingerprint density at radius 3 is 2.50 bits per heavy atom. The molecule has 28 heavy (non-hydrogen) atoms. The van der Waals surface area contributed by atoms with Crippen LogP contribution in [0.3, 0.4) is 0 Å². The molecule has 0 unspecified atom stereocenters. The van der Waals surface area contributed by atoms with E-state index < -0.39 is 5.91 Å². The van der Waals surface area contributed by atoms with Crippen molar-refractivity contribution in [3.8, 4) is 17.4 Å². The summed E-state index contributed by atoms with van der Waals surface area (Å²) in [6.07, 6.45) is 1.33. The Bertz CT molecular complexity index is 1130. The van der Waals surface area contributed by atoms with E-state index in [1.54, 1.807) is 48.5 Å². The Hall–Kier alpha value is -2.42. The molecule has 4 nitrogen and oxygen atoms in total. The first-order chi connectivity index (χ1) is 13.4. The molecule has 0 bridgehead atoms. The van der Waals surface area contributed by atoms with E-state index in [1.807, 2.05) is 6.07 Å². The first-order valence-corrected chi connectivity index (χ1v) is 9.32. The summed E-state index contributed by atoms with van der Waals surface area (Å²) in [5.41, 5.74) is 0.852. The molecule has 0 aliphatic rings. The van der Waals surface area contributed by atoms with Gasteiger partial charge in [0.1, 0.15) is 23.2 Å². The first-order valence-electron chi connectivity index (χ1n) is 7.81. The number of nitrogens with zero attached hydrogens (tertiary/aromatic N) is 1. The fourth-order valence-electron chi connectivity index (χ4n) is 2.32. The molecule has 0 saturated carbocycles. The summed E-state index contributed by atoms with van der Waals surface area (Å²) in [7, 11) is 0. The van der Waals surface area contributed by atoms with Crippen molar-refractivity contribution in [1.29, 1.82) is 5.26 Å². The highest BCUT2D eigenvalue weighted by atomic mass is 35.5. The molecule has 0 fully saturated rings. The van der Waals surface area contributed by atoms with Gasteiger partial charge in [0.2, 0.25) is 0 Å². The molecule has 0 aliphatic heterocycles. The number of hydrogen-bond donors (Lipinski definition) is 1. The molecule has 1 amide bonds. The highest BCUT2D eigenvalue weighted by molar-refractivity contribution is 6.44. The van der Waals surface area contributed by atoms with E-state index in [9.17, 15) is 10.1 Å². The molecule has 0 spiro atoms. The van der Waals surface area contributed by atoms with Gasteiger partial charge in [-0.15, -0.1) is 0 Å². The number of nitrogens with one attached hydrogen (secondary N) is 1. The average molecular weight is 452 g/mol. The van der Waals surface area contributed by atoms with E-state index in [1.165, 1.54) is 6.08 Å². The summed E-state index contributed by atoms with van der Waals surface area (Å²) in [6.45, 7) is 0. The highest BCUT2D eigenvalue weighted by Gasteiger charge is 2.14. The quantitative estimate of drug-likeness (QED) is 0.339. The van der Waals surface area contributed by atoms with Crippen molar-refractivity contribution in [3.05, 3.63) is 80.0 Å². The van der Waals surface area contributed by atoms with Gasteiger partial charge in [0.15, 0.2) is 0 Å². The van der Waals surface area contributed by atoms with E-state index in [-0.39, 0.29) is 10.6 Å². The number of furan rings is 1. The zero-order valence-corrected chi connectivity index (χ0v) is 17.0. The lowest BCUT2D eigenvalue weighted by Gasteiger charge is -2.07. The largest absolute Gasteiger partial charge is 0.457 e. The molecule has 1 N–H and O–H groups in total. The van der Waals surface area contributed by atoms with Gasteiger partial charge in [-0.05, 0) is 42.5 Å². The van der Waals surface area contributed by atoms with Gasteiger partial charge in [0.05, 0.1) is 25.8 Å². The van der Waals surface area contributed by atoms with Crippen molar-refractivity contribution in [2.75, 3.05) is 5.32 Å². The minimum atomic E-state index is -0.640.